The number of benzene rings is 2. The molecule has 2 heterocycles. The molecule has 1 fully saturated rings. The maximum atomic E-state index is 12.3. The second kappa shape index (κ2) is 9.87. The Labute approximate surface area is 180 Å². The van der Waals surface area contributed by atoms with E-state index in [0.717, 1.165) is 11.1 Å². The molecule has 31 heavy (non-hydrogen) atoms. The molecule has 3 atom stereocenters. The van der Waals surface area contributed by atoms with Gasteiger partial charge in [-0.3, -0.25) is 14.3 Å². The smallest absolute Gasteiger partial charge is 0.330 e. The van der Waals surface area contributed by atoms with E-state index in [1.165, 1.54) is 10.8 Å². The Balaban J connectivity index is 1.46. The molecule has 1 aromatic heterocycles. The van der Waals surface area contributed by atoms with Gasteiger partial charge in [-0.15, -0.1) is 0 Å². The molecule has 162 valence electrons. The third-order valence-electron chi connectivity index (χ3n) is 5.34. The van der Waals surface area contributed by atoms with Gasteiger partial charge in [-0.25, -0.2) is 4.79 Å². The minimum atomic E-state index is -0.533. The van der Waals surface area contributed by atoms with Gasteiger partial charge in [0.05, 0.1) is 25.9 Å². The van der Waals surface area contributed by atoms with Gasteiger partial charge >= 0.3 is 5.69 Å². The van der Waals surface area contributed by atoms with Crippen molar-refractivity contribution >= 4 is 0 Å². The molecule has 0 aliphatic carbocycles. The SMILES string of the molecule is Cc1cn(C2C[C@@H](OCc3ccccc3)[C@@H](COCc3ccccc3)O2)c(=O)[nH]c1=O. The van der Waals surface area contributed by atoms with E-state index < -0.39 is 11.9 Å². The van der Waals surface area contributed by atoms with E-state index in [4.69, 9.17) is 14.2 Å². The minimum absolute atomic E-state index is 0.250. The summed E-state index contributed by atoms with van der Waals surface area (Å²) in [7, 11) is 0. The molecule has 2 aromatic carbocycles. The van der Waals surface area contributed by atoms with Crippen molar-refractivity contribution in [3.05, 3.63) is 104 Å². The van der Waals surface area contributed by atoms with E-state index in [2.05, 4.69) is 4.98 Å². The summed E-state index contributed by atoms with van der Waals surface area (Å²) in [5, 5.41) is 0. The van der Waals surface area contributed by atoms with Gasteiger partial charge in [0.2, 0.25) is 0 Å². The molecule has 0 radical (unpaired) electrons. The first-order chi connectivity index (χ1) is 15.1. The summed E-state index contributed by atoms with van der Waals surface area (Å²) in [5.74, 6) is 0. The average Bonchev–Trinajstić information content (AvgIpc) is 3.19. The van der Waals surface area contributed by atoms with Gasteiger partial charge in [-0.2, -0.15) is 0 Å². The highest BCUT2D eigenvalue weighted by Crippen LogP contribution is 2.31. The summed E-state index contributed by atoms with van der Waals surface area (Å²) in [6.07, 6.45) is 0.899. The number of aryl methyl sites for hydroxylation is 1. The maximum absolute atomic E-state index is 12.3. The lowest BCUT2D eigenvalue weighted by Crippen LogP contribution is -2.33. The fourth-order valence-electron chi connectivity index (χ4n) is 3.64. The van der Waals surface area contributed by atoms with Crippen LogP contribution >= 0.6 is 0 Å². The summed E-state index contributed by atoms with van der Waals surface area (Å²) in [5.41, 5.74) is 1.71. The fourth-order valence-corrected chi connectivity index (χ4v) is 3.64. The number of nitrogens with zero attached hydrogens (tertiary/aromatic N) is 1. The van der Waals surface area contributed by atoms with E-state index in [1.807, 2.05) is 60.7 Å². The molecule has 3 aromatic rings. The summed E-state index contributed by atoms with van der Waals surface area (Å²) >= 11 is 0. The molecule has 7 heteroatoms. The van der Waals surface area contributed by atoms with Crippen LogP contribution in [0, 0.1) is 6.92 Å². The molecule has 4 rings (SSSR count). The predicted octanol–water partition coefficient (Wildman–Crippen LogP) is 2.93. The van der Waals surface area contributed by atoms with Gasteiger partial charge in [0.25, 0.3) is 5.56 Å². The van der Waals surface area contributed by atoms with Crippen molar-refractivity contribution in [2.75, 3.05) is 6.61 Å². The van der Waals surface area contributed by atoms with E-state index in [9.17, 15) is 9.59 Å². The Morgan fingerprint density at radius 3 is 2.32 bits per heavy atom. The quantitative estimate of drug-likeness (QED) is 0.604. The highest BCUT2D eigenvalue weighted by atomic mass is 16.6. The van der Waals surface area contributed by atoms with Crippen molar-refractivity contribution in [1.29, 1.82) is 0 Å². The fraction of sp³-hybridized carbons (Fsp3) is 0.333. The highest BCUT2D eigenvalue weighted by Gasteiger charge is 2.37. The first kappa shape index (κ1) is 21.2. The molecular weight excluding hydrogens is 396 g/mol. The number of hydrogen-bond acceptors (Lipinski definition) is 5. The zero-order valence-electron chi connectivity index (χ0n) is 17.4. The summed E-state index contributed by atoms with van der Waals surface area (Å²) in [4.78, 5) is 26.4. The second-order valence-corrected chi connectivity index (χ2v) is 7.68. The summed E-state index contributed by atoms with van der Waals surface area (Å²) < 4.78 is 19.6. The molecule has 1 aliphatic heterocycles. The van der Waals surface area contributed by atoms with Crippen LogP contribution in [0.5, 0.6) is 0 Å². The molecule has 1 unspecified atom stereocenters. The number of rotatable bonds is 8. The van der Waals surface area contributed by atoms with Crippen LogP contribution in [0.3, 0.4) is 0 Å². The van der Waals surface area contributed by atoms with E-state index in [0.29, 0.717) is 31.8 Å². The van der Waals surface area contributed by atoms with Crippen LogP contribution < -0.4 is 11.2 Å². The van der Waals surface area contributed by atoms with E-state index in [1.54, 1.807) is 6.92 Å². The lowest BCUT2D eigenvalue weighted by atomic mass is 10.1. The van der Waals surface area contributed by atoms with Gasteiger partial charge in [0, 0.05) is 18.2 Å². The number of H-pyrrole nitrogens is 1. The number of hydrogen-bond donors (Lipinski definition) is 1. The van der Waals surface area contributed by atoms with Crippen LogP contribution in [-0.4, -0.2) is 28.4 Å². The monoisotopic (exact) mass is 422 g/mol. The highest BCUT2D eigenvalue weighted by molar-refractivity contribution is 5.14. The third-order valence-corrected chi connectivity index (χ3v) is 5.34. The molecule has 1 aliphatic rings. The lowest BCUT2D eigenvalue weighted by molar-refractivity contribution is -0.0832. The van der Waals surface area contributed by atoms with Crippen LogP contribution in [0.1, 0.15) is 29.3 Å². The molecule has 0 amide bonds. The number of aromatic nitrogens is 2. The molecule has 1 N–H and O–H groups in total. The van der Waals surface area contributed by atoms with Crippen molar-refractivity contribution in [1.82, 2.24) is 9.55 Å². The normalized spacial score (nSPS) is 20.7. The minimum Gasteiger partial charge on any atom is -0.374 e. The first-order valence-electron chi connectivity index (χ1n) is 10.3. The van der Waals surface area contributed by atoms with Crippen LogP contribution in [0.2, 0.25) is 0 Å². The van der Waals surface area contributed by atoms with Crippen LogP contribution in [0.4, 0.5) is 0 Å². The molecule has 0 spiro atoms. The van der Waals surface area contributed by atoms with E-state index >= 15 is 0 Å². The van der Waals surface area contributed by atoms with Gasteiger partial charge in [-0.05, 0) is 18.1 Å². The molecule has 1 saturated heterocycles. The van der Waals surface area contributed by atoms with Gasteiger partial charge in [-0.1, -0.05) is 60.7 Å². The van der Waals surface area contributed by atoms with Gasteiger partial charge in [0.15, 0.2) is 0 Å². The van der Waals surface area contributed by atoms with Crippen molar-refractivity contribution in [3.63, 3.8) is 0 Å². The van der Waals surface area contributed by atoms with Gasteiger partial charge in [0.1, 0.15) is 12.3 Å². The van der Waals surface area contributed by atoms with Crippen molar-refractivity contribution < 1.29 is 14.2 Å². The lowest BCUT2D eigenvalue weighted by Gasteiger charge is -2.19. The van der Waals surface area contributed by atoms with Crippen LogP contribution in [0.15, 0.2) is 76.4 Å². The third kappa shape index (κ3) is 5.38. The predicted molar refractivity (Wildman–Crippen MR) is 116 cm³/mol. The Bertz CT molecular complexity index is 1090. The standard InChI is InChI=1S/C24H26N2O5/c1-17-13-26(24(28)25-23(17)27)22-12-20(30-15-19-10-6-3-7-11-19)21(31-22)16-29-14-18-8-4-2-5-9-18/h2-11,13,20-22H,12,14-16H2,1H3,(H,25,27,28)/t20-,21-,22?/m1/s1. The average molecular weight is 422 g/mol. The molecule has 0 bridgehead atoms. The second-order valence-electron chi connectivity index (χ2n) is 7.68. The van der Waals surface area contributed by atoms with Crippen molar-refractivity contribution in [2.24, 2.45) is 0 Å². The van der Waals surface area contributed by atoms with Crippen LogP contribution in [-0.2, 0) is 27.4 Å². The Morgan fingerprint density at radius 2 is 1.65 bits per heavy atom. The molecule has 0 saturated carbocycles. The zero-order valence-corrected chi connectivity index (χ0v) is 17.4. The molecule has 7 nitrogen and oxygen atoms in total. The summed E-state index contributed by atoms with van der Waals surface area (Å²) in [6.45, 7) is 2.90. The number of nitrogens with one attached hydrogen (secondary N) is 1. The van der Waals surface area contributed by atoms with Crippen LogP contribution in [0.25, 0.3) is 0 Å². The van der Waals surface area contributed by atoms with Crippen molar-refractivity contribution in [2.45, 2.75) is 45.0 Å². The Morgan fingerprint density at radius 1 is 1.00 bits per heavy atom. The van der Waals surface area contributed by atoms with Gasteiger partial charge < -0.3 is 14.2 Å². The first-order valence-corrected chi connectivity index (χ1v) is 10.3. The molecular formula is C24H26N2O5. The van der Waals surface area contributed by atoms with Crippen molar-refractivity contribution in [3.8, 4) is 0 Å². The Kier molecular flexibility index (Phi) is 6.76. The topological polar surface area (TPSA) is 82.6 Å². The Hall–Kier alpha value is -3.00. The number of ether oxygens (including phenoxy) is 3. The number of aromatic amines is 1. The van der Waals surface area contributed by atoms with E-state index in [-0.39, 0.29) is 17.8 Å². The zero-order chi connectivity index (χ0) is 21.6. The largest absolute Gasteiger partial charge is 0.374 e. The summed E-state index contributed by atoms with van der Waals surface area (Å²) in [6, 6.07) is 19.8. The maximum Gasteiger partial charge on any atom is 0.330 e.